The topological polar surface area (TPSA) is 77.2 Å². The van der Waals surface area contributed by atoms with Crippen LogP contribution in [0.3, 0.4) is 0 Å². The summed E-state index contributed by atoms with van der Waals surface area (Å²) in [4.78, 5) is 12.2. The molecule has 1 aromatic heterocycles. The van der Waals surface area contributed by atoms with Crippen LogP contribution in [0.5, 0.6) is 5.75 Å². The third-order valence-electron chi connectivity index (χ3n) is 5.02. The van der Waals surface area contributed by atoms with E-state index in [0.717, 1.165) is 6.42 Å². The van der Waals surface area contributed by atoms with E-state index in [1.165, 1.54) is 24.6 Å². The molecule has 3 rings (SSSR count). The number of rotatable bonds is 7. The molecule has 1 amide bonds. The van der Waals surface area contributed by atoms with Gasteiger partial charge in [-0.05, 0) is 30.4 Å². The van der Waals surface area contributed by atoms with E-state index in [-0.39, 0.29) is 24.3 Å². The zero-order chi connectivity index (χ0) is 19.2. The van der Waals surface area contributed by atoms with Gasteiger partial charge < -0.3 is 14.5 Å². The first-order valence-electron chi connectivity index (χ1n) is 9.15. The molecule has 0 radical (unpaired) electrons. The number of hydrogen-bond acceptors (Lipinski definition) is 6. The molecule has 1 aliphatic carbocycles. The molecule has 0 bridgehead atoms. The Morgan fingerprint density at radius 1 is 1.33 bits per heavy atom. The number of aromatic nitrogens is 2. The van der Waals surface area contributed by atoms with Gasteiger partial charge in [0.1, 0.15) is 5.75 Å². The van der Waals surface area contributed by atoms with E-state index in [0.29, 0.717) is 33.7 Å². The number of benzene rings is 1. The number of nitrogens with zero attached hydrogens (tertiary/aromatic N) is 2. The minimum atomic E-state index is -0.00184. The van der Waals surface area contributed by atoms with Crippen molar-refractivity contribution in [2.45, 2.75) is 51.0 Å². The Bertz CT molecular complexity index is 770. The number of hydrogen-bond donors (Lipinski definition) is 1. The monoisotopic (exact) mass is 409 g/mol. The predicted molar refractivity (Wildman–Crippen MR) is 105 cm³/mol. The van der Waals surface area contributed by atoms with Crippen molar-refractivity contribution in [3.05, 3.63) is 35.2 Å². The molecule has 0 saturated heterocycles. The zero-order valence-electron chi connectivity index (χ0n) is 15.5. The molecule has 27 heavy (non-hydrogen) atoms. The fraction of sp³-hybridized carbons (Fsp3) is 0.526. The van der Waals surface area contributed by atoms with Gasteiger partial charge >= 0.3 is 0 Å². The molecule has 1 fully saturated rings. The minimum absolute atomic E-state index is 0.00184. The molecule has 6 nitrogen and oxygen atoms in total. The molecular formula is C19H24ClN3O3S. The van der Waals surface area contributed by atoms with Crippen LogP contribution < -0.4 is 10.1 Å². The maximum absolute atomic E-state index is 12.2. The number of thioether (sulfide) groups is 1. The van der Waals surface area contributed by atoms with Gasteiger partial charge in [0.2, 0.25) is 5.91 Å². The number of halogens is 1. The van der Waals surface area contributed by atoms with Crippen LogP contribution in [0.2, 0.25) is 5.02 Å². The van der Waals surface area contributed by atoms with E-state index in [4.69, 9.17) is 20.8 Å². The first-order chi connectivity index (χ1) is 13.0. The van der Waals surface area contributed by atoms with Crippen molar-refractivity contribution in [3.63, 3.8) is 0 Å². The van der Waals surface area contributed by atoms with Gasteiger partial charge in [0.05, 0.1) is 10.8 Å². The van der Waals surface area contributed by atoms with Gasteiger partial charge in [-0.3, -0.25) is 4.79 Å². The van der Waals surface area contributed by atoms with Crippen LogP contribution in [0, 0.1) is 11.8 Å². The lowest BCUT2D eigenvalue weighted by Crippen LogP contribution is -2.44. The Labute approximate surface area is 168 Å². The van der Waals surface area contributed by atoms with Crippen molar-refractivity contribution < 1.29 is 13.9 Å². The van der Waals surface area contributed by atoms with Crippen LogP contribution in [0.4, 0.5) is 0 Å². The minimum Gasteiger partial charge on any atom is -0.482 e. The maximum Gasteiger partial charge on any atom is 0.277 e. The second-order valence-corrected chi connectivity index (χ2v) is 8.24. The van der Waals surface area contributed by atoms with Crippen molar-refractivity contribution >= 4 is 29.3 Å². The van der Waals surface area contributed by atoms with Crippen LogP contribution in [0.1, 0.15) is 39.0 Å². The molecule has 1 saturated carbocycles. The van der Waals surface area contributed by atoms with Gasteiger partial charge in [0, 0.05) is 6.04 Å². The van der Waals surface area contributed by atoms with Crippen molar-refractivity contribution in [3.8, 4) is 5.75 Å². The molecule has 0 aliphatic heterocycles. The largest absolute Gasteiger partial charge is 0.482 e. The molecule has 1 N–H and O–H groups in total. The molecule has 3 atom stereocenters. The molecule has 2 aromatic rings. The first-order valence-corrected chi connectivity index (χ1v) is 10.5. The Morgan fingerprint density at radius 2 is 2.15 bits per heavy atom. The summed E-state index contributed by atoms with van der Waals surface area (Å²) in [5.74, 6) is 2.30. The summed E-state index contributed by atoms with van der Waals surface area (Å²) >= 11 is 7.27. The summed E-state index contributed by atoms with van der Waals surface area (Å²) in [5.41, 5.74) is 0. The molecule has 146 valence electrons. The Kier molecular flexibility index (Phi) is 7.01. The van der Waals surface area contributed by atoms with Crippen LogP contribution in [-0.4, -0.2) is 27.9 Å². The molecular weight excluding hydrogens is 386 g/mol. The highest BCUT2D eigenvalue weighted by Gasteiger charge is 2.28. The van der Waals surface area contributed by atoms with Crippen molar-refractivity contribution in [1.29, 1.82) is 0 Å². The van der Waals surface area contributed by atoms with E-state index in [1.807, 2.05) is 12.1 Å². The van der Waals surface area contributed by atoms with Crippen LogP contribution >= 0.6 is 23.4 Å². The van der Waals surface area contributed by atoms with Gasteiger partial charge in [-0.25, -0.2) is 0 Å². The van der Waals surface area contributed by atoms with Crippen LogP contribution in [0.15, 0.2) is 33.9 Å². The van der Waals surface area contributed by atoms with E-state index >= 15 is 0 Å². The standard InChI is InChI=1S/C19H24ClN3O3S/c1-12-6-5-8-15(13(12)2)21-17(24)11-27-19-23-22-18(26-19)10-25-16-9-4-3-7-14(16)20/h3-4,7,9,12-13,15H,5-6,8,10-11H2,1-2H3,(H,21,24)/t12-,13+,15+/m1/s1. The molecule has 8 heteroatoms. The molecule has 0 unspecified atom stereocenters. The molecule has 1 aliphatic rings. The van der Waals surface area contributed by atoms with Gasteiger partial charge in [-0.15, -0.1) is 10.2 Å². The van der Waals surface area contributed by atoms with Gasteiger partial charge in [-0.2, -0.15) is 0 Å². The Balaban J connectivity index is 1.44. The number of carbonyl (C=O) groups excluding carboxylic acids is 1. The SMILES string of the molecule is C[C@H]1[C@H](C)CCC[C@@H]1NC(=O)CSc1nnc(COc2ccccc2Cl)o1. The number of nitrogens with one attached hydrogen (secondary N) is 1. The maximum atomic E-state index is 12.2. The first kappa shape index (κ1) is 20.0. The predicted octanol–water partition coefficient (Wildman–Crippen LogP) is 4.34. The highest BCUT2D eigenvalue weighted by Crippen LogP contribution is 2.29. The van der Waals surface area contributed by atoms with Crippen molar-refractivity contribution in [2.75, 3.05) is 5.75 Å². The summed E-state index contributed by atoms with van der Waals surface area (Å²) in [6.45, 7) is 4.59. The average Bonchev–Trinajstić information content (AvgIpc) is 3.11. The third kappa shape index (κ3) is 5.62. The molecule has 1 aromatic carbocycles. The lowest BCUT2D eigenvalue weighted by atomic mass is 9.78. The third-order valence-corrected chi connectivity index (χ3v) is 6.15. The summed E-state index contributed by atoms with van der Waals surface area (Å²) in [7, 11) is 0. The van der Waals surface area contributed by atoms with Gasteiger partial charge in [0.25, 0.3) is 11.1 Å². The lowest BCUT2D eigenvalue weighted by Gasteiger charge is -2.34. The molecule has 1 heterocycles. The van der Waals surface area contributed by atoms with Crippen LogP contribution in [-0.2, 0) is 11.4 Å². The number of carbonyl (C=O) groups is 1. The highest BCUT2D eigenvalue weighted by atomic mass is 35.5. The van der Waals surface area contributed by atoms with Gasteiger partial charge in [0.15, 0.2) is 6.61 Å². The fourth-order valence-corrected chi connectivity index (χ4v) is 4.00. The quantitative estimate of drug-likeness (QED) is 0.685. The summed E-state index contributed by atoms with van der Waals surface area (Å²) in [6.07, 6.45) is 3.46. The number of para-hydroxylation sites is 1. The average molecular weight is 410 g/mol. The fourth-order valence-electron chi connectivity index (χ4n) is 3.22. The summed E-state index contributed by atoms with van der Waals surface area (Å²) in [5, 5.41) is 11.9. The van der Waals surface area contributed by atoms with Gasteiger partial charge in [-0.1, -0.05) is 62.2 Å². The Hall–Kier alpha value is -1.73. The molecule has 0 spiro atoms. The lowest BCUT2D eigenvalue weighted by molar-refractivity contribution is -0.120. The van der Waals surface area contributed by atoms with Crippen molar-refractivity contribution in [1.82, 2.24) is 15.5 Å². The van der Waals surface area contributed by atoms with E-state index in [9.17, 15) is 4.79 Å². The number of amides is 1. The zero-order valence-corrected chi connectivity index (χ0v) is 17.1. The number of ether oxygens (including phenoxy) is 1. The van der Waals surface area contributed by atoms with Crippen LogP contribution in [0.25, 0.3) is 0 Å². The van der Waals surface area contributed by atoms with E-state index < -0.39 is 0 Å². The second kappa shape index (κ2) is 9.46. The summed E-state index contributed by atoms with van der Waals surface area (Å²) < 4.78 is 11.1. The van der Waals surface area contributed by atoms with E-state index in [1.54, 1.807) is 12.1 Å². The highest BCUT2D eigenvalue weighted by molar-refractivity contribution is 7.99. The summed E-state index contributed by atoms with van der Waals surface area (Å²) in [6, 6.07) is 7.44. The second-order valence-electron chi connectivity index (χ2n) is 6.91. The smallest absolute Gasteiger partial charge is 0.277 e. The van der Waals surface area contributed by atoms with Crippen molar-refractivity contribution in [2.24, 2.45) is 11.8 Å². The Morgan fingerprint density at radius 3 is 2.96 bits per heavy atom. The normalized spacial score (nSPS) is 22.4. The van der Waals surface area contributed by atoms with E-state index in [2.05, 4.69) is 29.4 Å².